The molecule has 1 heterocycles. The Bertz CT molecular complexity index is 1330. The molecule has 4 heteroatoms. The van der Waals surface area contributed by atoms with Crippen molar-refractivity contribution in [3.8, 4) is 11.3 Å². The van der Waals surface area contributed by atoms with Crippen molar-refractivity contribution in [1.29, 1.82) is 0 Å². The molecule has 0 saturated carbocycles. The molecule has 1 N–H and O–H groups in total. The Morgan fingerprint density at radius 2 is 1.61 bits per heavy atom. The molecular weight excluding hydrogens is 386 g/mol. The molecule has 0 spiro atoms. The van der Waals surface area contributed by atoms with Gasteiger partial charge in [-0.3, -0.25) is 9.59 Å². The van der Waals surface area contributed by atoms with Gasteiger partial charge in [0.15, 0.2) is 11.0 Å². The lowest BCUT2D eigenvalue weighted by Gasteiger charge is -2.17. The van der Waals surface area contributed by atoms with Gasteiger partial charge in [-0.15, -0.1) is 0 Å². The summed E-state index contributed by atoms with van der Waals surface area (Å²) < 4.78 is 6.20. The Hall–Kier alpha value is -3.66. The van der Waals surface area contributed by atoms with Gasteiger partial charge in [0.1, 0.15) is 5.76 Å². The number of aryl methyl sites for hydroxylation is 1. The Kier molecular flexibility index (Phi) is 5.47. The summed E-state index contributed by atoms with van der Waals surface area (Å²) in [4.78, 5) is 26.4. The molecule has 1 amide bonds. The first-order valence-electron chi connectivity index (χ1n) is 10.4. The number of amides is 1. The lowest BCUT2D eigenvalue weighted by molar-refractivity contribution is 0.102. The zero-order valence-electron chi connectivity index (χ0n) is 18.2. The van der Waals surface area contributed by atoms with Crippen molar-refractivity contribution in [2.24, 2.45) is 0 Å². The highest BCUT2D eigenvalue weighted by atomic mass is 16.3. The fourth-order valence-electron chi connectivity index (χ4n) is 3.88. The fraction of sp³-hybridized carbons (Fsp3) is 0.185. The van der Waals surface area contributed by atoms with E-state index >= 15 is 0 Å². The van der Waals surface area contributed by atoms with E-state index in [0.717, 1.165) is 22.4 Å². The van der Waals surface area contributed by atoms with E-state index in [1.807, 2.05) is 55.5 Å². The first kappa shape index (κ1) is 20.6. The molecule has 0 atom stereocenters. The molecule has 0 aliphatic carbocycles. The third kappa shape index (κ3) is 3.77. The van der Waals surface area contributed by atoms with Gasteiger partial charge in [-0.05, 0) is 43.0 Å². The van der Waals surface area contributed by atoms with E-state index in [1.54, 1.807) is 25.1 Å². The molecule has 0 fully saturated rings. The van der Waals surface area contributed by atoms with E-state index in [-0.39, 0.29) is 17.3 Å². The Labute approximate surface area is 181 Å². The normalized spacial score (nSPS) is 11.1. The van der Waals surface area contributed by atoms with Crippen LogP contribution in [0.5, 0.6) is 0 Å². The van der Waals surface area contributed by atoms with Gasteiger partial charge < -0.3 is 9.73 Å². The van der Waals surface area contributed by atoms with Gasteiger partial charge in [0.2, 0.25) is 0 Å². The Morgan fingerprint density at radius 3 is 2.32 bits per heavy atom. The first-order valence-corrected chi connectivity index (χ1v) is 10.4. The number of benzene rings is 3. The van der Waals surface area contributed by atoms with Crippen LogP contribution in [0.1, 0.15) is 46.8 Å². The van der Waals surface area contributed by atoms with E-state index in [0.29, 0.717) is 27.9 Å². The zero-order valence-corrected chi connectivity index (χ0v) is 18.2. The minimum Gasteiger partial charge on any atom is -0.455 e. The molecular formula is C27H25NO3. The summed E-state index contributed by atoms with van der Waals surface area (Å²) in [6, 6.07) is 20.6. The number of rotatable bonds is 4. The number of fused-ring (bicyclic) bond motifs is 1. The maximum Gasteiger partial charge on any atom is 0.259 e. The highest BCUT2D eigenvalue weighted by Crippen LogP contribution is 2.30. The minimum atomic E-state index is -0.298. The van der Waals surface area contributed by atoms with Crippen LogP contribution in [0, 0.1) is 13.8 Å². The van der Waals surface area contributed by atoms with Crippen LogP contribution in [0.2, 0.25) is 0 Å². The monoisotopic (exact) mass is 411 g/mol. The van der Waals surface area contributed by atoms with E-state index in [2.05, 4.69) is 19.2 Å². The second-order valence-electron chi connectivity index (χ2n) is 8.08. The van der Waals surface area contributed by atoms with Gasteiger partial charge in [0.05, 0.1) is 10.9 Å². The van der Waals surface area contributed by atoms with E-state index in [4.69, 9.17) is 4.42 Å². The molecule has 4 nitrogen and oxygen atoms in total. The van der Waals surface area contributed by atoms with E-state index < -0.39 is 0 Å². The summed E-state index contributed by atoms with van der Waals surface area (Å²) in [5, 5.41) is 3.46. The molecule has 0 radical (unpaired) electrons. The predicted octanol–water partition coefficient (Wildman–Crippen LogP) is 6.45. The van der Waals surface area contributed by atoms with Crippen molar-refractivity contribution in [3.63, 3.8) is 0 Å². The van der Waals surface area contributed by atoms with Crippen molar-refractivity contribution in [3.05, 3.63) is 99.2 Å². The van der Waals surface area contributed by atoms with Crippen LogP contribution in [0.3, 0.4) is 0 Å². The lowest BCUT2D eigenvalue weighted by Crippen LogP contribution is -2.16. The molecule has 0 aliphatic rings. The highest BCUT2D eigenvalue weighted by Gasteiger charge is 2.20. The molecule has 4 rings (SSSR count). The smallest absolute Gasteiger partial charge is 0.259 e. The number of hydrogen-bond donors (Lipinski definition) is 1. The number of hydrogen-bond acceptors (Lipinski definition) is 3. The molecule has 0 unspecified atom stereocenters. The standard InChI is InChI=1S/C27H25NO3/c1-16(2)20-13-8-10-17(3)23(20)28-27(30)22-15-9-14-21-24(29)18(4)25(31-26(21)22)19-11-6-5-7-12-19/h5-16H,1-4H3,(H,28,30). The molecule has 4 aromatic rings. The fourth-order valence-corrected chi connectivity index (χ4v) is 3.88. The maximum absolute atomic E-state index is 13.3. The summed E-state index contributed by atoms with van der Waals surface area (Å²) in [5.74, 6) is 0.443. The summed E-state index contributed by atoms with van der Waals surface area (Å²) in [6.45, 7) is 7.91. The second kappa shape index (κ2) is 8.23. The minimum absolute atomic E-state index is 0.131. The lowest BCUT2D eigenvalue weighted by atomic mass is 9.98. The van der Waals surface area contributed by atoms with Crippen LogP contribution in [-0.4, -0.2) is 5.91 Å². The number of para-hydroxylation sites is 2. The van der Waals surface area contributed by atoms with Crippen molar-refractivity contribution in [2.75, 3.05) is 5.32 Å². The van der Waals surface area contributed by atoms with E-state index in [1.165, 1.54) is 0 Å². The van der Waals surface area contributed by atoms with Crippen LogP contribution in [0.25, 0.3) is 22.3 Å². The predicted molar refractivity (Wildman–Crippen MR) is 126 cm³/mol. The SMILES string of the molecule is Cc1cccc(C(C)C)c1NC(=O)c1cccc2c(=O)c(C)c(-c3ccccc3)oc12. The van der Waals surface area contributed by atoms with Crippen molar-refractivity contribution in [1.82, 2.24) is 0 Å². The van der Waals surface area contributed by atoms with Crippen LogP contribution < -0.4 is 10.7 Å². The van der Waals surface area contributed by atoms with Crippen molar-refractivity contribution < 1.29 is 9.21 Å². The van der Waals surface area contributed by atoms with Crippen LogP contribution in [-0.2, 0) is 0 Å². The third-order valence-corrected chi connectivity index (χ3v) is 5.59. The average molecular weight is 412 g/mol. The highest BCUT2D eigenvalue weighted by molar-refractivity contribution is 6.12. The Balaban J connectivity index is 1.87. The number of carbonyl (C=O) groups excluding carboxylic acids is 1. The van der Waals surface area contributed by atoms with Crippen molar-refractivity contribution >= 4 is 22.6 Å². The summed E-state index contributed by atoms with van der Waals surface area (Å²) in [6.07, 6.45) is 0. The van der Waals surface area contributed by atoms with Gasteiger partial charge in [-0.1, -0.05) is 68.4 Å². The van der Waals surface area contributed by atoms with Gasteiger partial charge in [0.25, 0.3) is 5.91 Å². The maximum atomic E-state index is 13.3. The second-order valence-corrected chi connectivity index (χ2v) is 8.08. The number of carbonyl (C=O) groups is 1. The zero-order chi connectivity index (χ0) is 22.1. The van der Waals surface area contributed by atoms with Gasteiger partial charge in [-0.2, -0.15) is 0 Å². The molecule has 156 valence electrons. The van der Waals surface area contributed by atoms with Gasteiger partial charge in [-0.25, -0.2) is 0 Å². The molecule has 0 saturated heterocycles. The quantitative estimate of drug-likeness (QED) is 0.420. The van der Waals surface area contributed by atoms with Crippen LogP contribution >= 0.6 is 0 Å². The molecule has 0 bridgehead atoms. The molecule has 0 aliphatic heterocycles. The van der Waals surface area contributed by atoms with Crippen LogP contribution in [0.4, 0.5) is 5.69 Å². The molecule has 31 heavy (non-hydrogen) atoms. The van der Waals surface area contributed by atoms with E-state index in [9.17, 15) is 9.59 Å². The Morgan fingerprint density at radius 1 is 0.903 bits per heavy atom. The number of nitrogens with one attached hydrogen (secondary N) is 1. The van der Waals surface area contributed by atoms with Crippen LogP contribution in [0.15, 0.2) is 75.9 Å². The summed E-state index contributed by atoms with van der Waals surface area (Å²) >= 11 is 0. The average Bonchev–Trinajstić information content (AvgIpc) is 2.77. The summed E-state index contributed by atoms with van der Waals surface area (Å²) in [7, 11) is 0. The van der Waals surface area contributed by atoms with Gasteiger partial charge in [0, 0.05) is 16.8 Å². The molecule has 1 aromatic heterocycles. The molecule has 3 aromatic carbocycles. The summed E-state index contributed by atoms with van der Waals surface area (Å²) in [5.41, 5.74) is 4.69. The largest absolute Gasteiger partial charge is 0.455 e. The van der Waals surface area contributed by atoms with Crippen molar-refractivity contribution in [2.45, 2.75) is 33.6 Å². The topological polar surface area (TPSA) is 59.3 Å². The third-order valence-electron chi connectivity index (χ3n) is 5.59. The first-order chi connectivity index (χ1) is 14.9. The van der Waals surface area contributed by atoms with Gasteiger partial charge >= 0.3 is 0 Å². The number of anilines is 1.